The third-order valence-corrected chi connectivity index (χ3v) is 3.02. The average molecular weight is 289 g/mol. The molecule has 0 aliphatic rings. The second-order valence-corrected chi connectivity index (χ2v) is 5.32. The van der Waals surface area contributed by atoms with Crippen molar-refractivity contribution in [3.8, 4) is 0 Å². The highest BCUT2D eigenvalue weighted by atomic mass is 16.6. The number of aromatic nitrogens is 1. The summed E-state index contributed by atoms with van der Waals surface area (Å²) in [4.78, 5) is 26.6. The van der Waals surface area contributed by atoms with Crippen molar-refractivity contribution in [2.45, 2.75) is 19.4 Å². The van der Waals surface area contributed by atoms with Gasteiger partial charge < -0.3 is 10.4 Å². The minimum Gasteiger partial charge on any atom is -0.394 e. The molecule has 110 valence electrons. The van der Waals surface area contributed by atoms with E-state index >= 15 is 0 Å². The van der Waals surface area contributed by atoms with Gasteiger partial charge in [0.2, 0.25) is 0 Å². The molecular weight excluding hydrogens is 274 g/mol. The number of hydrogen-bond acceptors (Lipinski definition) is 5. The van der Waals surface area contributed by atoms with Crippen LogP contribution in [-0.4, -0.2) is 33.1 Å². The first-order chi connectivity index (χ1) is 9.84. The van der Waals surface area contributed by atoms with Crippen molar-refractivity contribution < 1.29 is 14.8 Å². The van der Waals surface area contributed by atoms with Crippen molar-refractivity contribution in [1.82, 2.24) is 10.3 Å². The van der Waals surface area contributed by atoms with Crippen LogP contribution >= 0.6 is 0 Å². The van der Waals surface area contributed by atoms with E-state index in [9.17, 15) is 20.0 Å². The fraction of sp³-hybridized carbons (Fsp3) is 0.286. The highest BCUT2D eigenvalue weighted by molar-refractivity contribution is 6.05. The maximum Gasteiger partial charge on any atom is 0.271 e. The van der Waals surface area contributed by atoms with Crippen LogP contribution in [0.5, 0.6) is 0 Å². The van der Waals surface area contributed by atoms with Crippen LogP contribution in [0.3, 0.4) is 0 Å². The van der Waals surface area contributed by atoms with Crippen LogP contribution in [0.15, 0.2) is 30.5 Å². The lowest BCUT2D eigenvalue weighted by atomic mass is 10.1. The summed E-state index contributed by atoms with van der Waals surface area (Å²) < 4.78 is 0. The Balaban J connectivity index is 2.45. The van der Waals surface area contributed by atoms with Gasteiger partial charge in [0, 0.05) is 23.7 Å². The first-order valence-corrected chi connectivity index (χ1v) is 6.30. The quantitative estimate of drug-likeness (QED) is 0.657. The van der Waals surface area contributed by atoms with Crippen LogP contribution < -0.4 is 5.32 Å². The molecule has 1 aromatic carbocycles. The number of nitro benzene ring substituents is 1. The molecule has 0 aliphatic carbocycles. The molecule has 0 bridgehead atoms. The van der Waals surface area contributed by atoms with E-state index in [0.717, 1.165) is 0 Å². The third kappa shape index (κ3) is 3.14. The number of carbonyl (C=O) groups excluding carboxylic acids is 1. The van der Waals surface area contributed by atoms with Gasteiger partial charge in [0.15, 0.2) is 0 Å². The number of rotatable bonds is 4. The van der Waals surface area contributed by atoms with Gasteiger partial charge in [-0.25, -0.2) is 0 Å². The molecule has 0 saturated heterocycles. The van der Waals surface area contributed by atoms with Gasteiger partial charge >= 0.3 is 0 Å². The van der Waals surface area contributed by atoms with Gasteiger partial charge in [-0.05, 0) is 31.4 Å². The van der Waals surface area contributed by atoms with Gasteiger partial charge in [0.1, 0.15) is 5.69 Å². The summed E-state index contributed by atoms with van der Waals surface area (Å²) >= 11 is 0. The first kappa shape index (κ1) is 14.9. The van der Waals surface area contributed by atoms with Crippen LogP contribution in [0, 0.1) is 10.1 Å². The molecule has 7 heteroatoms. The predicted octanol–water partition coefficient (Wildman–Crippen LogP) is 1.64. The van der Waals surface area contributed by atoms with E-state index in [2.05, 4.69) is 10.3 Å². The number of pyridine rings is 1. The summed E-state index contributed by atoms with van der Waals surface area (Å²) in [5.74, 6) is -0.437. The van der Waals surface area contributed by atoms with Crippen LogP contribution in [0.25, 0.3) is 10.8 Å². The number of nitrogens with one attached hydrogen (secondary N) is 1. The zero-order chi connectivity index (χ0) is 15.6. The molecular formula is C14H15N3O4. The molecule has 2 N–H and O–H groups in total. The first-order valence-electron chi connectivity index (χ1n) is 6.30. The Labute approximate surface area is 120 Å². The minimum absolute atomic E-state index is 0.0456. The van der Waals surface area contributed by atoms with Gasteiger partial charge in [-0.1, -0.05) is 0 Å². The predicted molar refractivity (Wildman–Crippen MR) is 77.0 cm³/mol. The highest BCUT2D eigenvalue weighted by Crippen LogP contribution is 2.22. The Morgan fingerprint density at radius 3 is 2.76 bits per heavy atom. The Hall–Kier alpha value is -2.54. The number of carbonyl (C=O) groups is 1. The molecule has 7 nitrogen and oxygen atoms in total. The Kier molecular flexibility index (Phi) is 3.86. The fourth-order valence-electron chi connectivity index (χ4n) is 1.87. The van der Waals surface area contributed by atoms with E-state index in [1.54, 1.807) is 19.9 Å². The number of aliphatic hydroxyl groups excluding tert-OH is 1. The normalized spacial score (nSPS) is 11.4. The number of benzene rings is 1. The molecule has 0 spiro atoms. The second-order valence-electron chi connectivity index (χ2n) is 5.32. The van der Waals surface area contributed by atoms with E-state index in [1.165, 1.54) is 24.4 Å². The number of hydrogen-bond donors (Lipinski definition) is 2. The zero-order valence-corrected chi connectivity index (χ0v) is 11.7. The topological polar surface area (TPSA) is 105 Å². The van der Waals surface area contributed by atoms with Crippen LogP contribution in [-0.2, 0) is 0 Å². The van der Waals surface area contributed by atoms with Gasteiger partial charge in [-0.2, -0.15) is 0 Å². The molecule has 0 saturated carbocycles. The number of nitro groups is 1. The average Bonchev–Trinajstić information content (AvgIpc) is 2.45. The van der Waals surface area contributed by atoms with Gasteiger partial charge in [-0.15, -0.1) is 0 Å². The molecule has 1 amide bonds. The summed E-state index contributed by atoms with van der Waals surface area (Å²) in [5.41, 5.74) is -0.651. The lowest BCUT2D eigenvalue weighted by Crippen LogP contribution is -2.46. The molecule has 0 aliphatic heterocycles. The molecule has 1 aromatic heterocycles. The number of non-ortho nitro benzene ring substituents is 1. The SMILES string of the molecule is CC(C)(CO)NC(=O)c1nccc2cc([N+](=O)[O-])ccc12. The maximum atomic E-state index is 12.2. The summed E-state index contributed by atoms with van der Waals surface area (Å²) in [6.45, 7) is 3.15. The van der Waals surface area contributed by atoms with Crippen molar-refractivity contribution in [2.75, 3.05) is 6.61 Å². The van der Waals surface area contributed by atoms with Crippen LogP contribution in [0.2, 0.25) is 0 Å². The Morgan fingerprint density at radius 2 is 2.14 bits per heavy atom. The number of amides is 1. The lowest BCUT2D eigenvalue weighted by molar-refractivity contribution is -0.384. The standard InChI is InChI=1S/C14H15N3O4/c1-14(2,8-18)16-13(19)12-11-4-3-10(17(20)21)7-9(11)5-6-15-12/h3-7,18H,8H2,1-2H3,(H,16,19). The Bertz CT molecular complexity index is 712. The largest absolute Gasteiger partial charge is 0.394 e. The minimum atomic E-state index is -0.776. The number of aliphatic hydroxyl groups is 1. The summed E-state index contributed by atoms with van der Waals surface area (Å²) in [7, 11) is 0. The molecule has 2 aromatic rings. The van der Waals surface area contributed by atoms with E-state index in [-0.39, 0.29) is 18.0 Å². The molecule has 1 heterocycles. The van der Waals surface area contributed by atoms with Crippen LogP contribution in [0.1, 0.15) is 24.3 Å². The summed E-state index contributed by atoms with van der Waals surface area (Å²) in [6, 6.07) is 5.83. The van der Waals surface area contributed by atoms with Crippen molar-refractivity contribution in [3.63, 3.8) is 0 Å². The smallest absolute Gasteiger partial charge is 0.271 e. The second kappa shape index (κ2) is 5.45. The summed E-state index contributed by atoms with van der Waals surface area (Å²) in [5, 5.41) is 23.7. The molecule has 0 unspecified atom stereocenters. The maximum absolute atomic E-state index is 12.2. The third-order valence-electron chi connectivity index (χ3n) is 3.02. The highest BCUT2D eigenvalue weighted by Gasteiger charge is 2.22. The van der Waals surface area contributed by atoms with Crippen molar-refractivity contribution in [1.29, 1.82) is 0 Å². The number of fused-ring (bicyclic) bond motifs is 1. The van der Waals surface area contributed by atoms with E-state index < -0.39 is 16.4 Å². The van der Waals surface area contributed by atoms with Gasteiger partial charge in [-0.3, -0.25) is 19.9 Å². The Morgan fingerprint density at radius 1 is 1.43 bits per heavy atom. The van der Waals surface area contributed by atoms with E-state index in [0.29, 0.717) is 10.8 Å². The molecule has 21 heavy (non-hydrogen) atoms. The zero-order valence-electron chi connectivity index (χ0n) is 11.7. The van der Waals surface area contributed by atoms with Crippen molar-refractivity contribution >= 4 is 22.4 Å². The van der Waals surface area contributed by atoms with E-state index in [1.807, 2.05) is 0 Å². The van der Waals surface area contributed by atoms with Crippen LogP contribution in [0.4, 0.5) is 5.69 Å². The van der Waals surface area contributed by atoms with Crippen molar-refractivity contribution in [3.05, 3.63) is 46.3 Å². The molecule has 0 atom stereocenters. The number of nitrogens with zero attached hydrogens (tertiary/aromatic N) is 2. The summed E-state index contributed by atoms with van der Waals surface area (Å²) in [6.07, 6.45) is 1.42. The molecule has 0 radical (unpaired) electrons. The monoisotopic (exact) mass is 289 g/mol. The molecule has 0 fully saturated rings. The van der Waals surface area contributed by atoms with Gasteiger partial charge in [0.25, 0.3) is 11.6 Å². The van der Waals surface area contributed by atoms with E-state index in [4.69, 9.17) is 0 Å². The van der Waals surface area contributed by atoms with Crippen molar-refractivity contribution in [2.24, 2.45) is 0 Å². The fourth-order valence-corrected chi connectivity index (χ4v) is 1.87. The molecule has 2 rings (SSSR count). The lowest BCUT2D eigenvalue weighted by Gasteiger charge is -2.23. The van der Waals surface area contributed by atoms with Gasteiger partial charge in [0.05, 0.1) is 17.1 Å².